The topological polar surface area (TPSA) is 64.6 Å². The van der Waals surface area contributed by atoms with Crippen LogP contribution in [0.5, 0.6) is 0 Å². The van der Waals surface area contributed by atoms with E-state index in [4.69, 9.17) is 4.98 Å². The molecule has 1 N–H and O–H groups in total. The van der Waals surface area contributed by atoms with Crippen LogP contribution in [0.1, 0.15) is 63.4 Å². The van der Waals surface area contributed by atoms with Gasteiger partial charge in [-0.2, -0.15) is 4.98 Å². The minimum atomic E-state index is 0.300. The SMILES string of the molecule is O=C(CCc1ccccc1)N1CCCC(N2CCCC(Nc3nccc(N4CCCCCC4)n3)C2)C1. The quantitative estimate of drug-likeness (QED) is 0.622. The van der Waals surface area contributed by atoms with Crippen molar-refractivity contribution in [1.29, 1.82) is 0 Å². The first-order valence-corrected chi connectivity index (χ1v) is 14.1. The highest BCUT2D eigenvalue weighted by molar-refractivity contribution is 5.76. The Morgan fingerprint density at radius 1 is 0.889 bits per heavy atom. The molecule has 3 saturated heterocycles. The Morgan fingerprint density at radius 3 is 2.53 bits per heavy atom. The maximum absolute atomic E-state index is 13.0. The average molecular weight is 491 g/mol. The van der Waals surface area contributed by atoms with Crippen molar-refractivity contribution in [3.05, 3.63) is 48.2 Å². The van der Waals surface area contributed by atoms with E-state index < -0.39 is 0 Å². The highest BCUT2D eigenvalue weighted by Gasteiger charge is 2.31. The number of piperidine rings is 2. The Kier molecular flexibility index (Phi) is 8.70. The van der Waals surface area contributed by atoms with Crippen LogP contribution in [0.4, 0.5) is 11.8 Å². The van der Waals surface area contributed by atoms with Crippen LogP contribution < -0.4 is 10.2 Å². The van der Waals surface area contributed by atoms with Gasteiger partial charge in [-0.1, -0.05) is 43.2 Å². The number of nitrogens with zero attached hydrogens (tertiary/aromatic N) is 5. The van der Waals surface area contributed by atoms with Gasteiger partial charge in [-0.05, 0) is 63.1 Å². The van der Waals surface area contributed by atoms with Gasteiger partial charge in [0.1, 0.15) is 5.82 Å². The molecule has 36 heavy (non-hydrogen) atoms. The second kappa shape index (κ2) is 12.5. The molecule has 0 saturated carbocycles. The zero-order chi connectivity index (χ0) is 24.6. The number of rotatable bonds is 7. The summed E-state index contributed by atoms with van der Waals surface area (Å²) < 4.78 is 0. The molecule has 0 radical (unpaired) electrons. The lowest BCUT2D eigenvalue weighted by molar-refractivity contribution is -0.133. The molecule has 2 unspecified atom stereocenters. The maximum Gasteiger partial charge on any atom is 0.224 e. The van der Waals surface area contributed by atoms with Crippen molar-refractivity contribution >= 4 is 17.7 Å². The summed E-state index contributed by atoms with van der Waals surface area (Å²) in [5.41, 5.74) is 1.24. The van der Waals surface area contributed by atoms with E-state index >= 15 is 0 Å². The van der Waals surface area contributed by atoms with Crippen LogP contribution in [-0.2, 0) is 11.2 Å². The summed E-state index contributed by atoms with van der Waals surface area (Å²) in [6, 6.07) is 13.2. The first-order chi connectivity index (χ1) is 17.7. The van der Waals surface area contributed by atoms with Gasteiger partial charge in [0.2, 0.25) is 11.9 Å². The molecule has 2 atom stereocenters. The molecule has 3 fully saturated rings. The smallest absolute Gasteiger partial charge is 0.224 e. The molecule has 1 amide bonds. The highest BCUT2D eigenvalue weighted by atomic mass is 16.2. The molecule has 0 spiro atoms. The molecule has 7 heteroatoms. The number of carbonyl (C=O) groups excluding carboxylic acids is 1. The minimum Gasteiger partial charge on any atom is -0.356 e. The fourth-order valence-electron chi connectivity index (χ4n) is 6.07. The number of amides is 1. The Balaban J connectivity index is 1.13. The van der Waals surface area contributed by atoms with E-state index in [1.165, 1.54) is 44.1 Å². The van der Waals surface area contributed by atoms with Crippen LogP contribution in [0.15, 0.2) is 42.6 Å². The summed E-state index contributed by atoms with van der Waals surface area (Å²) in [5.74, 6) is 2.11. The summed E-state index contributed by atoms with van der Waals surface area (Å²) in [6.45, 7) is 6.06. The van der Waals surface area contributed by atoms with Gasteiger partial charge < -0.3 is 15.1 Å². The molecule has 5 rings (SSSR count). The van der Waals surface area contributed by atoms with Gasteiger partial charge in [0.15, 0.2) is 0 Å². The molecule has 194 valence electrons. The van der Waals surface area contributed by atoms with E-state index in [0.29, 0.717) is 24.4 Å². The summed E-state index contributed by atoms with van der Waals surface area (Å²) in [5, 5.41) is 3.65. The van der Waals surface area contributed by atoms with Gasteiger partial charge in [-0.15, -0.1) is 0 Å². The van der Waals surface area contributed by atoms with Crippen molar-refractivity contribution in [1.82, 2.24) is 19.8 Å². The van der Waals surface area contributed by atoms with Gasteiger partial charge in [-0.25, -0.2) is 4.98 Å². The number of hydrogen-bond acceptors (Lipinski definition) is 6. The molecule has 7 nitrogen and oxygen atoms in total. The maximum atomic E-state index is 13.0. The van der Waals surface area contributed by atoms with Gasteiger partial charge in [0.05, 0.1) is 0 Å². The summed E-state index contributed by atoms with van der Waals surface area (Å²) >= 11 is 0. The predicted molar refractivity (Wildman–Crippen MR) is 145 cm³/mol. The van der Waals surface area contributed by atoms with Crippen molar-refractivity contribution in [3.63, 3.8) is 0 Å². The monoisotopic (exact) mass is 490 g/mol. The predicted octanol–water partition coefficient (Wildman–Crippen LogP) is 4.36. The van der Waals surface area contributed by atoms with E-state index in [1.54, 1.807) is 0 Å². The lowest BCUT2D eigenvalue weighted by atomic mass is 9.98. The van der Waals surface area contributed by atoms with E-state index in [1.807, 2.05) is 24.4 Å². The molecule has 3 aliphatic rings. The van der Waals surface area contributed by atoms with Gasteiger partial charge >= 0.3 is 0 Å². The standard InChI is InChI=1S/C29H42N6O/c36-28(15-14-24-10-4-3-5-11-24)35-21-9-13-26(23-35)34-20-8-12-25(22-34)31-29-30-17-16-27(32-29)33-18-6-1-2-7-19-33/h3-5,10-11,16-17,25-26H,1-2,6-9,12-15,18-23H2,(H,30,31,32). The molecule has 1 aromatic carbocycles. The first kappa shape index (κ1) is 25.0. The fraction of sp³-hybridized carbons (Fsp3) is 0.621. The van der Waals surface area contributed by atoms with Crippen molar-refractivity contribution in [2.45, 2.75) is 76.3 Å². The van der Waals surface area contributed by atoms with E-state index in [2.05, 4.69) is 43.2 Å². The van der Waals surface area contributed by atoms with E-state index in [-0.39, 0.29) is 0 Å². The Morgan fingerprint density at radius 2 is 1.69 bits per heavy atom. The first-order valence-electron chi connectivity index (χ1n) is 14.1. The lowest BCUT2D eigenvalue weighted by Gasteiger charge is -2.43. The second-order valence-corrected chi connectivity index (χ2v) is 10.7. The Bertz CT molecular complexity index is 961. The minimum absolute atomic E-state index is 0.300. The second-order valence-electron chi connectivity index (χ2n) is 10.7. The van der Waals surface area contributed by atoms with Crippen molar-refractivity contribution in [3.8, 4) is 0 Å². The number of aromatic nitrogens is 2. The van der Waals surface area contributed by atoms with Crippen molar-refractivity contribution < 1.29 is 4.79 Å². The largest absolute Gasteiger partial charge is 0.356 e. The third kappa shape index (κ3) is 6.75. The number of nitrogens with one attached hydrogen (secondary N) is 1. The highest BCUT2D eigenvalue weighted by Crippen LogP contribution is 2.23. The summed E-state index contributed by atoms with van der Waals surface area (Å²) in [6.07, 6.45) is 13.0. The molecule has 3 aliphatic heterocycles. The molecule has 1 aromatic heterocycles. The summed E-state index contributed by atoms with van der Waals surface area (Å²) in [4.78, 5) is 29.5. The number of benzene rings is 1. The third-order valence-electron chi connectivity index (χ3n) is 8.09. The number of anilines is 2. The number of likely N-dealkylation sites (tertiary alicyclic amines) is 2. The third-order valence-corrected chi connectivity index (χ3v) is 8.09. The zero-order valence-electron chi connectivity index (χ0n) is 21.7. The molecule has 2 aromatic rings. The molecule has 0 bridgehead atoms. The lowest BCUT2D eigenvalue weighted by Crippen LogP contribution is -2.54. The normalized spacial score (nSPS) is 23.8. The molecule has 4 heterocycles. The number of aryl methyl sites for hydroxylation is 1. The van der Waals surface area contributed by atoms with E-state index in [9.17, 15) is 4.79 Å². The number of hydrogen-bond donors (Lipinski definition) is 1. The van der Waals surface area contributed by atoms with Crippen LogP contribution in [0.3, 0.4) is 0 Å². The van der Waals surface area contributed by atoms with Crippen LogP contribution >= 0.6 is 0 Å². The van der Waals surface area contributed by atoms with Gasteiger partial charge in [0.25, 0.3) is 0 Å². The van der Waals surface area contributed by atoms with Crippen LogP contribution in [0.25, 0.3) is 0 Å². The summed E-state index contributed by atoms with van der Waals surface area (Å²) in [7, 11) is 0. The Labute approximate surface area is 216 Å². The molecule has 0 aliphatic carbocycles. The van der Waals surface area contributed by atoms with Crippen LogP contribution in [0, 0.1) is 0 Å². The van der Waals surface area contributed by atoms with Gasteiger partial charge in [0, 0.05) is 57.4 Å². The zero-order valence-corrected chi connectivity index (χ0v) is 21.7. The van der Waals surface area contributed by atoms with Crippen LogP contribution in [-0.4, -0.2) is 77.0 Å². The Hall–Kier alpha value is -2.67. The number of carbonyl (C=O) groups is 1. The molecular weight excluding hydrogens is 448 g/mol. The van der Waals surface area contributed by atoms with Crippen molar-refractivity contribution in [2.24, 2.45) is 0 Å². The fourth-order valence-corrected chi connectivity index (χ4v) is 6.07. The van der Waals surface area contributed by atoms with Crippen LogP contribution in [0.2, 0.25) is 0 Å². The van der Waals surface area contributed by atoms with E-state index in [0.717, 1.165) is 70.3 Å². The van der Waals surface area contributed by atoms with Gasteiger partial charge in [-0.3, -0.25) is 9.69 Å². The molecular formula is C29H42N6O. The van der Waals surface area contributed by atoms with Crippen molar-refractivity contribution in [2.75, 3.05) is 49.5 Å². The average Bonchev–Trinajstić information content (AvgIpc) is 3.23.